The van der Waals surface area contributed by atoms with Crippen LogP contribution in [-0.4, -0.2) is 17.8 Å². The first-order chi connectivity index (χ1) is 7.04. The zero-order chi connectivity index (χ0) is 11.4. The number of alkyl halides is 1. The van der Waals surface area contributed by atoms with Crippen LogP contribution in [0.15, 0.2) is 16.5 Å². The van der Waals surface area contributed by atoms with Crippen LogP contribution in [0.1, 0.15) is 30.2 Å². The maximum Gasteiger partial charge on any atom is 0.287 e. The van der Waals surface area contributed by atoms with E-state index in [2.05, 4.69) is 5.32 Å². The van der Waals surface area contributed by atoms with Gasteiger partial charge in [0, 0.05) is 11.9 Å². The predicted octanol–water partition coefficient (Wildman–Crippen LogP) is 2.58. The maximum absolute atomic E-state index is 11.7. The Bertz CT molecular complexity index is 333. The summed E-state index contributed by atoms with van der Waals surface area (Å²) in [7, 11) is 0. The first-order valence-electron chi connectivity index (χ1n) is 4.98. The molecule has 1 amide bonds. The van der Waals surface area contributed by atoms with E-state index < -0.39 is 0 Å². The molecule has 0 aliphatic rings. The first-order valence-corrected chi connectivity index (χ1v) is 5.51. The SMILES string of the molecule is Cc1ccc(C(=O)NC(CCl)C(C)C)o1. The number of halogens is 1. The van der Waals surface area contributed by atoms with Gasteiger partial charge in [0.2, 0.25) is 0 Å². The van der Waals surface area contributed by atoms with Gasteiger partial charge in [-0.25, -0.2) is 0 Å². The fraction of sp³-hybridized carbons (Fsp3) is 0.545. The van der Waals surface area contributed by atoms with Crippen molar-refractivity contribution in [2.24, 2.45) is 5.92 Å². The number of hydrogen-bond donors (Lipinski definition) is 1. The molecular weight excluding hydrogens is 214 g/mol. The normalized spacial score (nSPS) is 12.9. The summed E-state index contributed by atoms with van der Waals surface area (Å²) < 4.78 is 5.22. The molecule has 0 aliphatic carbocycles. The van der Waals surface area contributed by atoms with Gasteiger partial charge in [-0.05, 0) is 25.0 Å². The van der Waals surface area contributed by atoms with E-state index in [1.165, 1.54) is 0 Å². The number of aryl methyl sites for hydroxylation is 1. The van der Waals surface area contributed by atoms with E-state index in [0.29, 0.717) is 17.6 Å². The van der Waals surface area contributed by atoms with E-state index in [1.807, 2.05) is 13.8 Å². The number of carbonyl (C=O) groups excluding carboxylic acids is 1. The second kappa shape index (κ2) is 5.21. The van der Waals surface area contributed by atoms with Crippen LogP contribution in [0.3, 0.4) is 0 Å². The third-order valence-electron chi connectivity index (χ3n) is 2.25. The monoisotopic (exact) mass is 229 g/mol. The van der Waals surface area contributed by atoms with Crippen molar-refractivity contribution in [3.05, 3.63) is 23.7 Å². The minimum Gasteiger partial charge on any atom is -0.456 e. The molecule has 0 aliphatic heterocycles. The Morgan fingerprint density at radius 2 is 2.20 bits per heavy atom. The molecule has 1 unspecified atom stereocenters. The second-order valence-corrected chi connectivity index (χ2v) is 4.20. The summed E-state index contributed by atoms with van der Waals surface area (Å²) in [5.74, 6) is 1.57. The molecule has 1 atom stereocenters. The van der Waals surface area contributed by atoms with Crippen LogP contribution in [0.25, 0.3) is 0 Å². The van der Waals surface area contributed by atoms with Crippen molar-refractivity contribution in [2.45, 2.75) is 26.8 Å². The average molecular weight is 230 g/mol. The lowest BCUT2D eigenvalue weighted by Gasteiger charge is -2.18. The first kappa shape index (κ1) is 12.1. The molecule has 1 rings (SSSR count). The van der Waals surface area contributed by atoms with Gasteiger partial charge in [-0.1, -0.05) is 13.8 Å². The van der Waals surface area contributed by atoms with E-state index in [9.17, 15) is 4.79 Å². The third kappa shape index (κ3) is 3.27. The van der Waals surface area contributed by atoms with Gasteiger partial charge in [0.1, 0.15) is 5.76 Å². The molecule has 0 bridgehead atoms. The lowest BCUT2D eigenvalue weighted by atomic mass is 10.1. The Morgan fingerprint density at radius 3 is 2.60 bits per heavy atom. The zero-order valence-corrected chi connectivity index (χ0v) is 9.97. The van der Waals surface area contributed by atoms with Crippen molar-refractivity contribution >= 4 is 17.5 Å². The summed E-state index contributed by atoms with van der Waals surface area (Å²) in [4.78, 5) is 11.7. The topological polar surface area (TPSA) is 42.2 Å². The lowest BCUT2D eigenvalue weighted by Crippen LogP contribution is -2.39. The Balaban J connectivity index is 2.62. The number of hydrogen-bond acceptors (Lipinski definition) is 2. The van der Waals surface area contributed by atoms with Crippen LogP contribution in [0, 0.1) is 12.8 Å². The highest BCUT2D eigenvalue weighted by Gasteiger charge is 2.17. The molecule has 1 N–H and O–H groups in total. The molecule has 0 spiro atoms. The van der Waals surface area contributed by atoms with Crippen molar-refractivity contribution in [2.75, 3.05) is 5.88 Å². The number of nitrogens with one attached hydrogen (secondary N) is 1. The Hall–Kier alpha value is -0.960. The summed E-state index contributed by atoms with van der Waals surface area (Å²) in [5, 5.41) is 2.83. The fourth-order valence-electron chi connectivity index (χ4n) is 1.18. The number of furan rings is 1. The molecule has 15 heavy (non-hydrogen) atoms. The molecule has 0 fully saturated rings. The van der Waals surface area contributed by atoms with Crippen LogP contribution in [0.2, 0.25) is 0 Å². The van der Waals surface area contributed by atoms with Crippen LogP contribution < -0.4 is 5.32 Å². The lowest BCUT2D eigenvalue weighted by molar-refractivity contribution is 0.0902. The molecule has 0 radical (unpaired) electrons. The molecule has 1 aromatic heterocycles. The third-order valence-corrected chi connectivity index (χ3v) is 2.58. The summed E-state index contributed by atoms with van der Waals surface area (Å²) in [6.45, 7) is 5.83. The number of carbonyl (C=O) groups is 1. The molecule has 1 heterocycles. The average Bonchev–Trinajstić information content (AvgIpc) is 2.60. The van der Waals surface area contributed by atoms with Crippen molar-refractivity contribution in [3.63, 3.8) is 0 Å². The van der Waals surface area contributed by atoms with Gasteiger partial charge >= 0.3 is 0 Å². The maximum atomic E-state index is 11.7. The molecule has 1 aromatic rings. The Kier molecular flexibility index (Phi) is 4.21. The Morgan fingerprint density at radius 1 is 1.53 bits per heavy atom. The van der Waals surface area contributed by atoms with Gasteiger partial charge in [-0.2, -0.15) is 0 Å². The van der Waals surface area contributed by atoms with Crippen molar-refractivity contribution in [3.8, 4) is 0 Å². The minimum atomic E-state index is -0.206. The molecule has 4 heteroatoms. The van der Waals surface area contributed by atoms with E-state index >= 15 is 0 Å². The quantitative estimate of drug-likeness (QED) is 0.807. The van der Waals surface area contributed by atoms with E-state index in [0.717, 1.165) is 5.76 Å². The molecule has 0 aromatic carbocycles. The van der Waals surface area contributed by atoms with Gasteiger partial charge < -0.3 is 9.73 Å². The summed E-state index contributed by atoms with van der Waals surface area (Å²) in [6, 6.07) is 3.40. The smallest absolute Gasteiger partial charge is 0.287 e. The second-order valence-electron chi connectivity index (χ2n) is 3.89. The number of amides is 1. The molecule has 0 saturated carbocycles. The largest absolute Gasteiger partial charge is 0.456 e. The predicted molar refractivity (Wildman–Crippen MR) is 60.3 cm³/mol. The minimum absolute atomic E-state index is 0.0235. The van der Waals surface area contributed by atoms with Crippen LogP contribution >= 0.6 is 11.6 Å². The fourth-order valence-corrected chi connectivity index (χ4v) is 1.61. The number of rotatable bonds is 4. The highest BCUT2D eigenvalue weighted by molar-refractivity contribution is 6.18. The van der Waals surface area contributed by atoms with Crippen molar-refractivity contribution in [1.82, 2.24) is 5.32 Å². The summed E-state index contributed by atoms with van der Waals surface area (Å²) in [5.41, 5.74) is 0. The highest BCUT2D eigenvalue weighted by Crippen LogP contribution is 2.09. The van der Waals surface area contributed by atoms with Crippen molar-refractivity contribution in [1.29, 1.82) is 0 Å². The molecule has 0 saturated heterocycles. The molecule has 84 valence electrons. The van der Waals surface area contributed by atoms with E-state index in [1.54, 1.807) is 19.1 Å². The van der Waals surface area contributed by atoms with Crippen LogP contribution in [0.5, 0.6) is 0 Å². The van der Waals surface area contributed by atoms with Gasteiger partial charge in [-0.15, -0.1) is 11.6 Å². The molecular formula is C11H16ClNO2. The standard InChI is InChI=1S/C11H16ClNO2/c1-7(2)9(6-12)13-11(14)10-5-4-8(3)15-10/h4-5,7,9H,6H2,1-3H3,(H,13,14). The van der Waals surface area contributed by atoms with Crippen LogP contribution in [-0.2, 0) is 0 Å². The van der Waals surface area contributed by atoms with Crippen LogP contribution in [0.4, 0.5) is 0 Å². The Labute approximate surface area is 94.8 Å². The molecule has 3 nitrogen and oxygen atoms in total. The van der Waals surface area contributed by atoms with Gasteiger partial charge in [0.15, 0.2) is 5.76 Å². The van der Waals surface area contributed by atoms with Crippen molar-refractivity contribution < 1.29 is 9.21 Å². The zero-order valence-electron chi connectivity index (χ0n) is 9.21. The van der Waals surface area contributed by atoms with E-state index in [-0.39, 0.29) is 11.9 Å². The van der Waals surface area contributed by atoms with E-state index in [4.69, 9.17) is 16.0 Å². The highest BCUT2D eigenvalue weighted by atomic mass is 35.5. The van der Waals surface area contributed by atoms with Gasteiger partial charge in [0.05, 0.1) is 0 Å². The van der Waals surface area contributed by atoms with Gasteiger partial charge in [-0.3, -0.25) is 4.79 Å². The summed E-state index contributed by atoms with van der Waals surface area (Å²) in [6.07, 6.45) is 0. The summed E-state index contributed by atoms with van der Waals surface area (Å²) >= 11 is 5.75. The van der Waals surface area contributed by atoms with Gasteiger partial charge in [0.25, 0.3) is 5.91 Å².